The third-order valence-corrected chi connectivity index (χ3v) is 5.11. The van der Waals surface area contributed by atoms with Crippen LogP contribution < -0.4 is 15.4 Å². The highest BCUT2D eigenvalue weighted by Gasteiger charge is 2.12. The first-order chi connectivity index (χ1) is 13.5. The van der Waals surface area contributed by atoms with Gasteiger partial charge < -0.3 is 15.4 Å². The van der Waals surface area contributed by atoms with Crippen molar-refractivity contribution in [2.45, 2.75) is 26.4 Å². The van der Waals surface area contributed by atoms with Crippen molar-refractivity contribution < 1.29 is 13.2 Å². The second-order valence-electron chi connectivity index (χ2n) is 6.80. The zero-order chi connectivity index (χ0) is 20.2. The van der Waals surface area contributed by atoms with Gasteiger partial charge in [-0.05, 0) is 24.5 Å². The molecule has 0 aromatic heterocycles. The average molecular weight is 539 g/mol. The van der Waals surface area contributed by atoms with E-state index in [-0.39, 0.29) is 24.0 Å². The van der Waals surface area contributed by atoms with Gasteiger partial charge in [-0.1, -0.05) is 24.3 Å². The van der Waals surface area contributed by atoms with Crippen LogP contribution in [0, 0.1) is 0 Å². The fourth-order valence-corrected chi connectivity index (χ4v) is 3.44. The number of sulfonamides is 1. The number of benzene rings is 1. The van der Waals surface area contributed by atoms with Gasteiger partial charge in [0.1, 0.15) is 0 Å². The van der Waals surface area contributed by atoms with Gasteiger partial charge in [0.05, 0.1) is 26.0 Å². The van der Waals surface area contributed by atoms with Crippen molar-refractivity contribution in [3.05, 3.63) is 35.4 Å². The van der Waals surface area contributed by atoms with Gasteiger partial charge in [0, 0.05) is 39.3 Å². The Morgan fingerprint density at radius 3 is 2.48 bits per heavy atom. The molecule has 0 unspecified atom stereocenters. The number of morpholine rings is 1. The van der Waals surface area contributed by atoms with E-state index in [0.717, 1.165) is 45.4 Å². The van der Waals surface area contributed by atoms with E-state index in [0.29, 0.717) is 26.1 Å². The van der Waals surface area contributed by atoms with Gasteiger partial charge in [0.2, 0.25) is 10.0 Å². The number of hydrogen-bond donors (Lipinski definition) is 3. The van der Waals surface area contributed by atoms with E-state index in [1.165, 1.54) is 17.4 Å². The highest BCUT2D eigenvalue weighted by molar-refractivity contribution is 14.0. The lowest BCUT2D eigenvalue weighted by Crippen LogP contribution is -2.38. The van der Waals surface area contributed by atoms with Crippen molar-refractivity contribution in [3.63, 3.8) is 0 Å². The number of nitrogens with one attached hydrogen (secondary N) is 3. The van der Waals surface area contributed by atoms with E-state index in [1.807, 2.05) is 13.0 Å². The van der Waals surface area contributed by atoms with Crippen molar-refractivity contribution in [1.82, 2.24) is 20.3 Å². The summed E-state index contributed by atoms with van der Waals surface area (Å²) >= 11 is 0. The molecule has 0 atom stereocenters. The Kier molecular flexibility index (Phi) is 12.7. The number of guanidine groups is 1. The largest absolute Gasteiger partial charge is 0.379 e. The molecule has 0 amide bonds. The van der Waals surface area contributed by atoms with Gasteiger partial charge in [0.25, 0.3) is 0 Å². The minimum atomic E-state index is -3.13. The molecule has 1 aliphatic rings. The van der Waals surface area contributed by atoms with Gasteiger partial charge in [-0.2, -0.15) is 0 Å². The van der Waals surface area contributed by atoms with Crippen molar-refractivity contribution in [2.24, 2.45) is 4.99 Å². The molecule has 1 aliphatic heterocycles. The Morgan fingerprint density at radius 1 is 1.14 bits per heavy atom. The first kappa shape index (κ1) is 26.1. The number of ether oxygens (including phenoxy) is 1. The molecular formula is C19H34IN5O3S. The molecule has 0 spiro atoms. The average Bonchev–Trinajstić information content (AvgIpc) is 2.66. The molecule has 8 nitrogen and oxygen atoms in total. The second kappa shape index (κ2) is 14.1. The molecular weight excluding hydrogens is 505 g/mol. The van der Waals surface area contributed by atoms with Crippen LogP contribution in [0.5, 0.6) is 0 Å². The topological polar surface area (TPSA) is 95.1 Å². The summed E-state index contributed by atoms with van der Waals surface area (Å²) in [5, 5.41) is 6.49. The summed E-state index contributed by atoms with van der Waals surface area (Å²) in [5.74, 6) is 0.739. The van der Waals surface area contributed by atoms with E-state index >= 15 is 0 Å². The third-order valence-electron chi connectivity index (χ3n) is 4.38. The highest BCUT2D eigenvalue weighted by Crippen LogP contribution is 2.14. The van der Waals surface area contributed by atoms with Crippen LogP contribution in [0.2, 0.25) is 0 Å². The summed E-state index contributed by atoms with van der Waals surface area (Å²) in [7, 11) is -3.13. The second-order valence-corrected chi connectivity index (χ2v) is 8.63. The Hall–Kier alpha value is -0.950. The molecule has 29 heavy (non-hydrogen) atoms. The maximum absolute atomic E-state index is 11.1. The SMILES string of the molecule is CCNC(=NCc1ccccc1CN1CCOCC1)NCCCNS(C)(=O)=O.I. The summed E-state index contributed by atoms with van der Waals surface area (Å²) in [4.78, 5) is 7.10. The summed E-state index contributed by atoms with van der Waals surface area (Å²) in [6, 6.07) is 8.41. The molecule has 1 heterocycles. The minimum absolute atomic E-state index is 0. The van der Waals surface area contributed by atoms with Gasteiger partial charge >= 0.3 is 0 Å². The monoisotopic (exact) mass is 539 g/mol. The predicted molar refractivity (Wildman–Crippen MR) is 128 cm³/mol. The molecule has 0 bridgehead atoms. The highest BCUT2D eigenvalue weighted by atomic mass is 127. The maximum atomic E-state index is 11.1. The van der Waals surface area contributed by atoms with Crippen molar-refractivity contribution in [1.29, 1.82) is 0 Å². The fraction of sp³-hybridized carbons (Fsp3) is 0.632. The predicted octanol–water partition coefficient (Wildman–Crippen LogP) is 1.13. The van der Waals surface area contributed by atoms with Crippen molar-refractivity contribution >= 4 is 40.0 Å². The molecule has 10 heteroatoms. The Morgan fingerprint density at radius 2 is 1.83 bits per heavy atom. The molecule has 3 N–H and O–H groups in total. The zero-order valence-corrected chi connectivity index (χ0v) is 20.5. The first-order valence-corrected chi connectivity index (χ1v) is 11.7. The third kappa shape index (κ3) is 11.1. The van der Waals surface area contributed by atoms with E-state index in [4.69, 9.17) is 9.73 Å². The molecule has 0 saturated carbocycles. The quantitative estimate of drug-likeness (QED) is 0.179. The number of hydrogen-bond acceptors (Lipinski definition) is 5. The van der Waals surface area contributed by atoms with E-state index in [2.05, 4.69) is 38.5 Å². The molecule has 166 valence electrons. The maximum Gasteiger partial charge on any atom is 0.208 e. The smallest absolute Gasteiger partial charge is 0.208 e. The summed E-state index contributed by atoms with van der Waals surface area (Å²) in [5.41, 5.74) is 2.51. The van der Waals surface area contributed by atoms with E-state index < -0.39 is 10.0 Å². The standard InChI is InChI=1S/C19H33N5O3S.HI/c1-3-20-19(21-9-6-10-23-28(2,25)26)22-15-17-7-4-5-8-18(17)16-24-11-13-27-14-12-24;/h4-5,7-8,23H,3,6,9-16H2,1-2H3,(H2,20,21,22);1H. The number of halogens is 1. The first-order valence-electron chi connectivity index (χ1n) is 9.81. The molecule has 2 rings (SSSR count). The summed E-state index contributed by atoms with van der Waals surface area (Å²) in [6.45, 7) is 8.86. The Bertz CT molecular complexity index is 724. The van der Waals surface area contributed by atoms with Gasteiger partial charge in [-0.3, -0.25) is 4.90 Å². The molecule has 1 aromatic rings. The molecule has 1 fully saturated rings. The van der Waals surface area contributed by atoms with Crippen LogP contribution in [0.15, 0.2) is 29.3 Å². The van der Waals surface area contributed by atoms with Crippen LogP contribution in [0.1, 0.15) is 24.5 Å². The van der Waals surface area contributed by atoms with Crippen LogP contribution in [0.25, 0.3) is 0 Å². The van der Waals surface area contributed by atoms with E-state index in [1.54, 1.807) is 0 Å². The summed E-state index contributed by atoms with van der Waals surface area (Å²) < 4.78 is 30.1. The molecule has 1 aromatic carbocycles. The molecule has 0 aliphatic carbocycles. The van der Waals surface area contributed by atoms with Gasteiger partial charge in [-0.25, -0.2) is 18.1 Å². The van der Waals surface area contributed by atoms with Crippen molar-refractivity contribution in [3.8, 4) is 0 Å². The molecule has 1 saturated heterocycles. The van der Waals surface area contributed by atoms with Crippen molar-refractivity contribution in [2.75, 3.05) is 52.2 Å². The van der Waals surface area contributed by atoms with Crippen LogP contribution in [-0.4, -0.2) is 71.5 Å². The molecule has 0 radical (unpaired) electrons. The van der Waals surface area contributed by atoms with Crippen LogP contribution in [0.4, 0.5) is 0 Å². The van der Waals surface area contributed by atoms with Crippen LogP contribution in [-0.2, 0) is 27.8 Å². The zero-order valence-electron chi connectivity index (χ0n) is 17.3. The lowest BCUT2D eigenvalue weighted by molar-refractivity contribution is 0.0341. The minimum Gasteiger partial charge on any atom is -0.379 e. The summed E-state index contributed by atoms with van der Waals surface area (Å²) in [6.07, 6.45) is 1.85. The van der Waals surface area contributed by atoms with Gasteiger partial charge in [-0.15, -0.1) is 24.0 Å². The number of aliphatic imine (C=N–C) groups is 1. The van der Waals surface area contributed by atoms with Crippen LogP contribution in [0.3, 0.4) is 0 Å². The lowest BCUT2D eigenvalue weighted by Gasteiger charge is -2.27. The van der Waals surface area contributed by atoms with Crippen LogP contribution >= 0.6 is 24.0 Å². The fourth-order valence-electron chi connectivity index (χ4n) is 2.92. The van der Waals surface area contributed by atoms with Gasteiger partial charge in [0.15, 0.2) is 5.96 Å². The Labute approximate surface area is 191 Å². The lowest BCUT2D eigenvalue weighted by atomic mass is 10.1. The number of rotatable bonds is 10. The normalized spacial score (nSPS) is 15.6. The number of nitrogens with zero attached hydrogens (tertiary/aromatic N) is 2. The Balaban J connectivity index is 0.00000420. The van der Waals surface area contributed by atoms with E-state index in [9.17, 15) is 8.42 Å².